The lowest BCUT2D eigenvalue weighted by Crippen LogP contribution is -2.19. The molecule has 112 valence electrons. The normalized spacial score (nSPS) is 12.1. The first-order valence-electron chi connectivity index (χ1n) is 6.97. The smallest absolute Gasteiger partial charge is 0.120 e. The number of hydrogen-bond donors (Lipinski definition) is 1. The Morgan fingerprint density at radius 2 is 1.95 bits per heavy atom. The summed E-state index contributed by atoms with van der Waals surface area (Å²) in [6, 6.07) is 16.0. The Balaban J connectivity index is 1.92. The first-order valence-corrected chi connectivity index (χ1v) is 8.14. The summed E-state index contributed by atoms with van der Waals surface area (Å²) in [7, 11) is 1.97. The van der Waals surface area contributed by atoms with Crippen LogP contribution < -0.4 is 10.1 Å². The van der Waals surface area contributed by atoms with Gasteiger partial charge in [0.05, 0.1) is 6.61 Å². The maximum absolute atomic E-state index is 5.95. The Morgan fingerprint density at radius 1 is 1.19 bits per heavy atom. The van der Waals surface area contributed by atoms with E-state index in [1.54, 1.807) is 0 Å². The van der Waals surface area contributed by atoms with Crippen LogP contribution in [0.25, 0.3) is 0 Å². The molecule has 0 aliphatic rings. The average Bonchev–Trinajstić information content (AvgIpc) is 2.47. The number of hydrogen-bond acceptors (Lipinski definition) is 2. The predicted molar refractivity (Wildman–Crippen MR) is 92.4 cm³/mol. The van der Waals surface area contributed by atoms with Gasteiger partial charge in [0.25, 0.3) is 0 Å². The molecule has 1 N–H and O–H groups in total. The summed E-state index contributed by atoms with van der Waals surface area (Å²) in [6.07, 6.45) is 0.953. The van der Waals surface area contributed by atoms with Crippen LogP contribution in [0.1, 0.15) is 17.9 Å². The first-order chi connectivity index (χ1) is 10.2. The van der Waals surface area contributed by atoms with Crippen LogP contribution in [0.5, 0.6) is 5.75 Å². The fourth-order valence-electron chi connectivity index (χ4n) is 2.24. The Bertz CT molecular complexity index is 559. The van der Waals surface area contributed by atoms with Crippen molar-refractivity contribution in [3.05, 3.63) is 63.6 Å². The molecule has 0 aliphatic carbocycles. The number of rotatable bonds is 7. The van der Waals surface area contributed by atoms with Gasteiger partial charge in [-0.25, -0.2) is 0 Å². The van der Waals surface area contributed by atoms with Gasteiger partial charge in [-0.1, -0.05) is 45.7 Å². The molecule has 21 heavy (non-hydrogen) atoms. The highest BCUT2D eigenvalue weighted by atomic mass is 79.9. The van der Waals surface area contributed by atoms with Gasteiger partial charge >= 0.3 is 0 Å². The number of benzene rings is 2. The maximum Gasteiger partial charge on any atom is 0.120 e. The van der Waals surface area contributed by atoms with Crippen LogP contribution in [-0.4, -0.2) is 20.2 Å². The Labute approximate surface area is 139 Å². The van der Waals surface area contributed by atoms with Gasteiger partial charge in [0.1, 0.15) is 5.75 Å². The summed E-state index contributed by atoms with van der Waals surface area (Å²) in [6.45, 7) is 1.61. The van der Waals surface area contributed by atoms with Gasteiger partial charge in [-0.2, -0.15) is 0 Å². The van der Waals surface area contributed by atoms with E-state index < -0.39 is 0 Å². The van der Waals surface area contributed by atoms with Crippen molar-refractivity contribution in [2.75, 3.05) is 20.2 Å². The molecule has 0 heterocycles. The molecule has 1 unspecified atom stereocenters. The highest BCUT2D eigenvalue weighted by molar-refractivity contribution is 9.10. The molecule has 0 amide bonds. The molecular weight excluding hydrogens is 350 g/mol. The molecule has 0 bridgehead atoms. The van der Waals surface area contributed by atoms with Crippen molar-refractivity contribution >= 4 is 27.5 Å². The van der Waals surface area contributed by atoms with Crippen molar-refractivity contribution in [1.82, 2.24) is 5.32 Å². The zero-order valence-corrected chi connectivity index (χ0v) is 14.3. The minimum atomic E-state index is 0.416. The predicted octanol–water partition coefficient (Wildman–Crippen LogP) is 4.87. The van der Waals surface area contributed by atoms with E-state index >= 15 is 0 Å². The Hall–Kier alpha value is -1.03. The zero-order valence-electron chi connectivity index (χ0n) is 12.0. The molecule has 0 saturated heterocycles. The molecule has 2 aromatic carbocycles. The molecule has 2 nitrogen and oxygen atoms in total. The summed E-state index contributed by atoms with van der Waals surface area (Å²) in [5.74, 6) is 1.31. The number of ether oxygens (including phenoxy) is 1. The Morgan fingerprint density at radius 3 is 2.62 bits per heavy atom. The van der Waals surface area contributed by atoms with Crippen molar-refractivity contribution in [1.29, 1.82) is 0 Å². The first kappa shape index (κ1) is 16.3. The molecule has 4 heteroatoms. The van der Waals surface area contributed by atoms with Gasteiger partial charge in [-0.05, 0) is 55.3 Å². The van der Waals surface area contributed by atoms with Crippen LogP contribution in [0.4, 0.5) is 0 Å². The molecule has 2 rings (SSSR count). The minimum absolute atomic E-state index is 0.416. The summed E-state index contributed by atoms with van der Waals surface area (Å²) in [4.78, 5) is 0. The second kappa shape index (κ2) is 8.42. The highest BCUT2D eigenvalue weighted by Gasteiger charge is 2.11. The van der Waals surface area contributed by atoms with E-state index in [1.807, 2.05) is 43.4 Å². The van der Waals surface area contributed by atoms with Gasteiger partial charge in [-0.3, -0.25) is 0 Å². The molecule has 0 radical (unpaired) electrons. The van der Waals surface area contributed by atoms with Gasteiger partial charge in [0.2, 0.25) is 0 Å². The minimum Gasteiger partial charge on any atom is -0.494 e. The fraction of sp³-hybridized carbons (Fsp3) is 0.294. The number of halogens is 2. The Kier molecular flexibility index (Phi) is 6.55. The quantitative estimate of drug-likeness (QED) is 0.752. The SMILES string of the molecule is CNCC(CCOc1cccc(Br)c1)c1ccc(Cl)cc1. The summed E-state index contributed by atoms with van der Waals surface area (Å²) >= 11 is 9.40. The standard InChI is InChI=1S/C17H19BrClNO/c1-20-12-14(13-5-7-16(19)8-6-13)9-10-21-17-4-2-3-15(18)11-17/h2-8,11,14,20H,9-10,12H2,1H3. The monoisotopic (exact) mass is 367 g/mol. The molecule has 2 aromatic rings. The third-order valence-corrected chi connectivity index (χ3v) is 4.07. The van der Waals surface area contributed by atoms with E-state index in [4.69, 9.17) is 16.3 Å². The van der Waals surface area contributed by atoms with E-state index in [9.17, 15) is 0 Å². The average molecular weight is 369 g/mol. The summed E-state index contributed by atoms with van der Waals surface area (Å²) < 4.78 is 6.86. The van der Waals surface area contributed by atoms with Gasteiger partial charge < -0.3 is 10.1 Å². The molecule has 1 atom stereocenters. The summed E-state index contributed by atoms with van der Waals surface area (Å²) in [5, 5.41) is 4.01. The molecule has 0 aliphatic heterocycles. The topological polar surface area (TPSA) is 21.3 Å². The molecular formula is C17H19BrClNO. The van der Waals surface area contributed by atoms with E-state index in [1.165, 1.54) is 5.56 Å². The van der Waals surface area contributed by atoms with E-state index in [-0.39, 0.29) is 0 Å². The van der Waals surface area contributed by atoms with Crippen LogP contribution in [0.2, 0.25) is 5.02 Å². The van der Waals surface area contributed by atoms with E-state index in [0.717, 1.165) is 28.2 Å². The second-order valence-electron chi connectivity index (χ2n) is 4.90. The van der Waals surface area contributed by atoms with Crippen LogP contribution in [0.3, 0.4) is 0 Å². The van der Waals surface area contributed by atoms with Crippen molar-refractivity contribution < 1.29 is 4.74 Å². The van der Waals surface area contributed by atoms with Crippen molar-refractivity contribution in [3.63, 3.8) is 0 Å². The van der Waals surface area contributed by atoms with Crippen LogP contribution in [-0.2, 0) is 0 Å². The number of likely N-dealkylation sites (N-methyl/N-ethyl adjacent to an activating group) is 1. The highest BCUT2D eigenvalue weighted by Crippen LogP contribution is 2.23. The fourth-order valence-corrected chi connectivity index (χ4v) is 2.75. The summed E-state index contributed by atoms with van der Waals surface area (Å²) in [5.41, 5.74) is 1.28. The lowest BCUT2D eigenvalue weighted by Gasteiger charge is -2.17. The van der Waals surface area contributed by atoms with Crippen molar-refractivity contribution in [2.24, 2.45) is 0 Å². The third-order valence-electron chi connectivity index (χ3n) is 3.32. The molecule has 0 saturated carbocycles. The van der Waals surface area contributed by atoms with Crippen LogP contribution in [0.15, 0.2) is 53.0 Å². The third kappa shape index (κ3) is 5.34. The molecule has 0 aromatic heterocycles. The van der Waals surface area contributed by atoms with Crippen molar-refractivity contribution in [2.45, 2.75) is 12.3 Å². The van der Waals surface area contributed by atoms with Gasteiger partial charge in [0.15, 0.2) is 0 Å². The largest absolute Gasteiger partial charge is 0.494 e. The lowest BCUT2D eigenvalue weighted by atomic mass is 9.96. The van der Waals surface area contributed by atoms with Gasteiger partial charge in [-0.15, -0.1) is 0 Å². The van der Waals surface area contributed by atoms with Crippen LogP contribution >= 0.6 is 27.5 Å². The molecule has 0 spiro atoms. The lowest BCUT2D eigenvalue weighted by molar-refractivity contribution is 0.296. The second-order valence-corrected chi connectivity index (χ2v) is 6.25. The molecule has 0 fully saturated rings. The van der Waals surface area contributed by atoms with Crippen molar-refractivity contribution in [3.8, 4) is 5.75 Å². The van der Waals surface area contributed by atoms with E-state index in [2.05, 4.69) is 33.4 Å². The number of nitrogens with one attached hydrogen (secondary N) is 1. The zero-order chi connectivity index (χ0) is 15.1. The van der Waals surface area contributed by atoms with Gasteiger partial charge in [0, 0.05) is 16.0 Å². The van der Waals surface area contributed by atoms with Crippen LogP contribution in [0, 0.1) is 0 Å². The van der Waals surface area contributed by atoms with E-state index in [0.29, 0.717) is 12.5 Å². The maximum atomic E-state index is 5.95.